The molecule has 5 heteroatoms. The zero-order chi connectivity index (χ0) is 16.4. The second-order valence-electron chi connectivity index (χ2n) is 8.04. The number of fused-ring (bicyclic) bond motifs is 1. The van der Waals surface area contributed by atoms with Gasteiger partial charge in [0.05, 0.1) is 18.2 Å². The van der Waals surface area contributed by atoms with Crippen molar-refractivity contribution in [2.24, 2.45) is 11.8 Å². The Kier molecular flexibility index (Phi) is 4.97. The van der Waals surface area contributed by atoms with Gasteiger partial charge in [-0.2, -0.15) is 0 Å². The van der Waals surface area contributed by atoms with Crippen molar-refractivity contribution in [2.75, 3.05) is 13.2 Å². The van der Waals surface area contributed by atoms with Crippen LogP contribution in [0.1, 0.15) is 46.5 Å². The normalized spacial score (nSPS) is 36.2. The van der Waals surface area contributed by atoms with E-state index in [1.807, 2.05) is 20.8 Å². The van der Waals surface area contributed by atoms with E-state index in [1.165, 1.54) is 12.8 Å². The van der Waals surface area contributed by atoms with Crippen molar-refractivity contribution in [1.82, 2.24) is 10.6 Å². The molecule has 5 nitrogen and oxygen atoms in total. The van der Waals surface area contributed by atoms with Crippen LogP contribution in [-0.2, 0) is 9.47 Å². The summed E-state index contributed by atoms with van der Waals surface area (Å²) in [6.45, 7) is 7.46. The lowest BCUT2D eigenvalue weighted by Crippen LogP contribution is -2.70. The molecule has 1 aliphatic heterocycles. The Hall–Kier alpha value is -1.07. The SMILES string of the molecule is CC(C)(C)OC(=O)NC1C2CCOC2C1NCC1CC=CCC1. The molecule has 0 aromatic heterocycles. The first kappa shape index (κ1) is 16.8. The lowest BCUT2D eigenvalue weighted by atomic mass is 9.71. The monoisotopic (exact) mass is 322 g/mol. The van der Waals surface area contributed by atoms with E-state index in [0.29, 0.717) is 11.8 Å². The first-order valence-corrected chi connectivity index (χ1v) is 8.93. The van der Waals surface area contributed by atoms with E-state index in [2.05, 4.69) is 22.8 Å². The summed E-state index contributed by atoms with van der Waals surface area (Å²) < 4.78 is 11.3. The lowest BCUT2D eigenvalue weighted by molar-refractivity contribution is -0.0349. The molecule has 1 saturated heterocycles. The Morgan fingerprint density at radius 2 is 2.09 bits per heavy atom. The number of carbonyl (C=O) groups is 1. The van der Waals surface area contributed by atoms with Crippen LogP contribution in [0, 0.1) is 11.8 Å². The minimum atomic E-state index is -0.462. The average molecular weight is 322 g/mol. The lowest BCUT2D eigenvalue weighted by Gasteiger charge is -2.48. The van der Waals surface area contributed by atoms with Crippen LogP contribution in [0.3, 0.4) is 0 Å². The van der Waals surface area contributed by atoms with Gasteiger partial charge in [-0.1, -0.05) is 12.2 Å². The zero-order valence-electron chi connectivity index (χ0n) is 14.5. The van der Waals surface area contributed by atoms with Crippen molar-refractivity contribution in [1.29, 1.82) is 0 Å². The molecule has 2 N–H and O–H groups in total. The molecule has 130 valence electrons. The van der Waals surface area contributed by atoms with Gasteiger partial charge in [0.15, 0.2) is 0 Å². The molecule has 0 spiro atoms. The second kappa shape index (κ2) is 6.81. The molecule has 0 aromatic rings. The number of amides is 1. The van der Waals surface area contributed by atoms with Crippen molar-refractivity contribution in [3.05, 3.63) is 12.2 Å². The molecule has 1 heterocycles. The van der Waals surface area contributed by atoms with E-state index in [1.54, 1.807) is 0 Å². The molecule has 0 aromatic carbocycles. The minimum absolute atomic E-state index is 0.122. The van der Waals surface area contributed by atoms with Gasteiger partial charge in [-0.15, -0.1) is 0 Å². The maximum Gasteiger partial charge on any atom is 0.407 e. The molecule has 3 aliphatic rings. The number of carbonyl (C=O) groups excluding carboxylic acids is 1. The number of nitrogens with one attached hydrogen (secondary N) is 2. The van der Waals surface area contributed by atoms with E-state index in [9.17, 15) is 4.79 Å². The largest absolute Gasteiger partial charge is 0.444 e. The molecule has 3 rings (SSSR count). The van der Waals surface area contributed by atoms with Crippen molar-refractivity contribution in [3.8, 4) is 0 Å². The number of alkyl carbamates (subject to hydrolysis) is 1. The summed E-state index contributed by atoms with van der Waals surface area (Å²) in [4.78, 5) is 12.1. The average Bonchev–Trinajstić information content (AvgIpc) is 2.89. The summed E-state index contributed by atoms with van der Waals surface area (Å²) in [7, 11) is 0. The molecule has 23 heavy (non-hydrogen) atoms. The van der Waals surface area contributed by atoms with Gasteiger partial charge >= 0.3 is 6.09 Å². The van der Waals surface area contributed by atoms with Crippen LogP contribution in [0.25, 0.3) is 0 Å². The third-order valence-corrected chi connectivity index (χ3v) is 5.09. The van der Waals surface area contributed by atoms with Crippen LogP contribution < -0.4 is 10.6 Å². The highest BCUT2D eigenvalue weighted by Crippen LogP contribution is 2.39. The molecule has 5 atom stereocenters. The van der Waals surface area contributed by atoms with Gasteiger partial charge < -0.3 is 20.1 Å². The fourth-order valence-electron chi connectivity index (χ4n) is 3.94. The highest BCUT2D eigenvalue weighted by Gasteiger charge is 2.54. The third-order valence-electron chi connectivity index (χ3n) is 5.09. The Morgan fingerprint density at radius 1 is 1.26 bits per heavy atom. The minimum Gasteiger partial charge on any atom is -0.444 e. The molecule has 0 radical (unpaired) electrons. The van der Waals surface area contributed by atoms with E-state index in [0.717, 1.165) is 26.0 Å². The van der Waals surface area contributed by atoms with Gasteiger partial charge in [0.2, 0.25) is 0 Å². The van der Waals surface area contributed by atoms with Crippen LogP contribution >= 0.6 is 0 Å². The van der Waals surface area contributed by atoms with Gasteiger partial charge in [-0.05, 0) is 58.9 Å². The summed E-state index contributed by atoms with van der Waals surface area (Å²) >= 11 is 0. The van der Waals surface area contributed by atoms with Crippen LogP contribution in [-0.4, -0.2) is 43.0 Å². The first-order valence-electron chi connectivity index (χ1n) is 8.93. The maximum absolute atomic E-state index is 12.1. The van der Waals surface area contributed by atoms with Crippen LogP contribution in [0.2, 0.25) is 0 Å². The quantitative estimate of drug-likeness (QED) is 0.781. The van der Waals surface area contributed by atoms with Gasteiger partial charge in [0.25, 0.3) is 0 Å². The van der Waals surface area contributed by atoms with E-state index < -0.39 is 5.60 Å². The summed E-state index contributed by atoms with van der Waals surface area (Å²) in [5.41, 5.74) is -0.462. The molecule has 5 unspecified atom stereocenters. The van der Waals surface area contributed by atoms with Crippen molar-refractivity contribution < 1.29 is 14.3 Å². The third kappa shape index (κ3) is 4.07. The molecule has 1 amide bonds. The summed E-state index contributed by atoms with van der Waals surface area (Å²) in [5.74, 6) is 1.12. The van der Waals surface area contributed by atoms with Crippen molar-refractivity contribution >= 4 is 6.09 Å². The van der Waals surface area contributed by atoms with Crippen LogP contribution in [0.4, 0.5) is 4.79 Å². The number of allylic oxidation sites excluding steroid dienone is 2. The highest BCUT2D eigenvalue weighted by atomic mass is 16.6. The number of rotatable bonds is 4. The number of hydrogen-bond donors (Lipinski definition) is 2. The Balaban J connectivity index is 1.52. The fourth-order valence-corrected chi connectivity index (χ4v) is 3.94. The Labute approximate surface area is 139 Å². The molecular formula is C18H30N2O3. The van der Waals surface area contributed by atoms with Crippen molar-refractivity contribution in [2.45, 2.75) is 70.2 Å². The van der Waals surface area contributed by atoms with Gasteiger partial charge in [0.1, 0.15) is 5.60 Å². The molecule has 2 fully saturated rings. The smallest absolute Gasteiger partial charge is 0.407 e. The van der Waals surface area contributed by atoms with Gasteiger partial charge in [0, 0.05) is 12.5 Å². The number of hydrogen-bond acceptors (Lipinski definition) is 4. The predicted octanol–water partition coefficient (Wildman–Crippen LogP) is 2.61. The summed E-state index contributed by atoms with van der Waals surface area (Å²) in [6, 6.07) is 0.331. The predicted molar refractivity (Wildman–Crippen MR) is 89.3 cm³/mol. The van der Waals surface area contributed by atoms with Gasteiger partial charge in [-0.3, -0.25) is 0 Å². The molecule has 0 bridgehead atoms. The van der Waals surface area contributed by atoms with Crippen LogP contribution in [0.5, 0.6) is 0 Å². The Morgan fingerprint density at radius 3 is 2.78 bits per heavy atom. The molecule has 2 aliphatic carbocycles. The van der Waals surface area contributed by atoms with Gasteiger partial charge in [-0.25, -0.2) is 4.79 Å². The zero-order valence-corrected chi connectivity index (χ0v) is 14.5. The topological polar surface area (TPSA) is 59.6 Å². The van der Waals surface area contributed by atoms with E-state index >= 15 is 0 Å². The summed E-state index contributed by atoms with van der Waals surface area (Å²) in [6.07, 6.45) is 9.07. The Bertz CT molecular complexity index is 458. The number of ether oxygens (including phenoxy) is 2. The fraction of sp³-hybridized carbons (Fsp3) is 0.833. The molecule has 1 saturated carbocycles. The van der Waals surface area contributed by atoms with Crippen molar-refractivity contribution in [3.63, 3.8) is 0 Å². The van der Waals surface area contributed by atoms with E-state index in [4.69, 9.17) is 9.47 Å². The summed E-state index contributed by atoms with van der Waals surface area (Å²) in [5, 5.41) is 6.71. The standard InChI is InChI=1S/C18H30N2O3/c1-18(2,3)23-17(21)20-14-13-9-10-22-16(13)15(14)19-11-12-7-5-4-6-8-12/h4-5,12-16,19H,6-11H2,1-3H3,(H,20,21). The molecular weight excluding hydrogens is 292 g/mol. The van der Waals surface area contributed by atoms with Crippen LogP contribution in [0.15, 0.2) is 12.2 Å². The first-order chi connectivity index (χ1) is 10.9. The highest BCUT2D eigenvalue weighted by molar-refractivity contribution is 5.68. The van der Waals surface area contributed by atoms with E-state index in [-0.39, 0.29) is 24.3 Å². The maximum atomic E-state index is 12.1. The second-order valence-corrected chi connectivity index (χ2v) is 8.04.